The van der Waals surface area contributed by atoms with Gasteiger partial charge in [0.15, 0.2) is 0 Å². The molecule has 1 aromatic heterocycles. The minimum atomic E-state index is -0.135. The summed E-state index contributed by atoms with van der Waals surface area (Å²) >= 11 is 3.52. The van der Waals surface area contributed by atoms with Crippen molar-refractivity contribution < 1.29 is 4.74 Å². The molecule has 3 N–H and O–H groups in total. The molecule has 0 aliphatic rings. The van der Waals surface area contributed by atoms with E-state index in [9.17, 15) is 0 Å². The molecule has 0 aliphatic carbocycles. The van der Waals surface area contributed by atoms with E-state index in [1.54, 1.807) is 12.4 Å². The molecule has 1 unspecified atom stereocenters. The van der Waals surface area contributed by atoms with Gasteiger partial charge in [-0.3, -0.25) is 10.8 Å². The van der Waals surface area contributed by atoms with Gasteiger partial charge in [-0.25, -0.2) is 5.43 Å². The lowest BCUT2D eigenvalue weighted by atomic mass is 9.99. The Labute approximate surface area is 133 Å². The molecule has 0 amide bonds. The fraction of sp³-hybridized carbons (Fsp3) is 0.312. The number of hydrazine groups is 1. The molecule has 5 heteroatoms. The first-order chi connectivity index (χ1) is 9.99. The van der Waals surface area contributed by atoms with Crippen molar-refractivity contribution in [2.75, 3.05) is 0 Å². The van der Waals surface area contributed by atoms with Crippen molar-refractivity contribution in [1.82, 2.24) is 10.4 Å². The highest BCUT2D eigenvalue weighted by atomic mass is 79.9. The van der Waals surface area contributed by atoms with Crippen LogP contribution in [-0.2, 0) is 0 Å². The highest BCUT2D eigenvalue weighted by molar-refractivity contribution is 9.10. The van der Waals surface area contributed by atoms with E-state index >= 15 is 0 Å². The third-order valence-corrected chi connectivity index (χ3v) is 3.46. The van der Waals surface area contributed by atoms with Gasteiger partial charge in [0.05, 0.1) is 18.3 Å². The molecule has 0 aliphatic heterocycles. The number of pyridine rings is 1. The van der Waals surface area contributed by atoms with Crippen LogP contribution in [0.2, 0.25) is 0 Å². The maximum absolute atomic E-state index is 5.75. The quantitative estimate of drug-likeness (QED) is 0.640. The lowest BCUT2D eigenvalue weighted by Gasteiger charge is -2.19. The standard InChI is InChI=1S/C16H20BrN3O/c1-10(2)21-15-7-13(8-19-9-15)16(20-18)12-4-11(3)5-14(17)6-12/h4-10,16,20H,18H2,1-3H3. The maximum Gasteiger partial charge on any atom is 0.138 e. The van der Waals surface area contributed by atoms with Gasteiger partial charge in [-0.1, -0.05) is 22.0 Å². The smallest absolute Gasteiger partial charge is 0.138 e. The second-order valence-corrected chi connectivity index (χ2v) is 6.20. The Balaban J connectivity index is 2.36. The number of aryl methyl sites for hydroxylation is 1. The fourth-order valence-electron chi connectivity index (χ4n) is 2.25. The molecule has 0 saturated heterocycles. The van der Waals surface area contributed by atoms with Gasteiger partial charge in [-0.05, 0) is 55.7 Å². The third-order valence-electron chi connectivity index (χ3n) is 3.00. The van der Waals surface area contributed by atoms with E-state index in [4.69, 9.17) is 10.6 Å². The summed E-state index contributed by atoms with van der Waals surface area (Å²) in [6.45, 7) is 6.03. The Kier molecular flexibility index (Phi) is 5.33. The van der Waals surface area contributed by atoms with Crippen LogP contribution in [0.4, 0.5) is 0 Å². The van der Waals surface area contributed by atoms with E-state index in [1.807, 2.05) is 26.0 Å². The predicted octanol–water partition coefficient (Wildman–Crippen LogP) is 3.49. The van der Waals surface area contributed by atoms with Crippen molar-refractivity contribution in [2.24, 2.45) is 5.84 Å². The summed E-state index contributed by atoms with van der Waals surface area (Å²) < 4.78 is 6.72. The lowest BCUT2D eigenvalue weighted by Crippen LogP contribution is -2.29. The van der Waals surface area contributed by atoms with Crippen LogP contribution in [0.1, 0.15) is 36.6 Å². The molecule has 2 rings (SSSR count). The summed E-state index contributed by atoms with van der Waals surface area (Å²) in [7, 11) is 0. The SMILES string of the molecule is Cc1cc(Br)cc(C(NN)c2cncc(OC(C)C)c2)c1. The second kappa shape index (κ2) is 7.02. The number of halogens is 1. The number of hydrogen-bond donors (Lipinski definition) is 2. The van der Waals surface area contributed by atoms with Crippen LogP contribution >= 0.6 is 15.9 Å². The zero-order valence-corrected chi connectivity index (χ0v) is 14.0. The van der Waals surface area contributed by atoms with Gasteiger partial charge in [0.25, 0.3) is 0 Å². The fourth-order valence-corrected chi connectivity index (χ4v) is 2.87. The minimum Gasteiger partial charge on any atom is -0.489 e. The number of benzene rings is 1. The number of hydrogen-bond acceptors (Lipinski definition) is 4. The molecule has 1 aromatic carbocycles. The molecule has 0 saturated carbocycles. The molecule has 21 heavy (non-hydrogen) atoms. The molecule has 1 heterocycles. The summed E-state index contributed by atoms with van der Waals surface area (Å²) in [6.07, 6.45) is 3.62. The molecule has 4 nitrogen and oxygen atoms in total. The van der Waals surface area contributed by atoms with Crippen LogP contribution in [0.5, 0.6) is 5.75 Å². The zero-order chi connectivity index (χ0) is 15.4. The van der Waals surface area contributed by atoms with Gasteiger partial charge in [-0.2, -0.15) is 0 Å². The zero-order valence-electron chi connectivity index (χ0n) is 12.4. The molecule has 2 aromatic rings. The highest BCUT2D eigenvalue weighted by Gasteiger charge is 2.15. The number of nitrogens with zero attached hydrogens (tertiary/aromatic N) is 1. The Hall–Kier alpha value is -1.43. The largest absolute Gasteiger partial charge is 0.489 e. The van der Waals surface area contributed by atoms with Gasteiger partial charge >= 0.3 is 0 Å². The summed E-state index contributed by atoms with van der Waals surface area (Å²) in [4.78, 5) is 4.24. The van der Waals surface area contributed by atoms with Crippen LogP contribution in [0.3, 0.4) is 0 Å². The third kappa shape index (κ3) is 4.27. The van der Waals surface area contributed by atoms with E-state index in [0.29, 0.717) is 0 Å². The van der Waals surface area contributed by atoms with Crippen molar-refractivity contribution >= 4 is 15.9 Å². The average Bonchev–Trinajstić information content (AvgIpc) is 2.38. The Morgan fingerprint density at radius 3 is 2.52 bits per heavy atom. The van der Waals surface area contributed by atoms with Crippen LogP contribution in [0.15, 0.2) is 41.1 Å². The van der Waals surface area contributed by atoms with E-state index in [-0.39, 0.29) is 12.1 Å². The Morgan fingerprint density at radius 2 is 1.90 bits per heavy atom. The van der Waals surface area contributed by atoms with Gasteiger partial charge in [-0.15, -0.1) is 0 Å². The van der Waals surface area contributed by atoms with Crippen molar-refractivity contribution in [3.8, 4) is 5.75 Å². The molecule has 0 radical (unpaired) electrons. The first-order valence-electron chi connectivity index (χ1n) is 6.84. The normalized spacial score (nSPS) is 12.5. The first-order valence-corrected chi connectivity index (χ1v) is 7.63. The van der Waals surface area contributed by atoms with Gasteiger partial charge in [0.1, 0.15) is 5.75 Å². The van der Waals surface area contributed by atoms with E-state index in [2.05, 4.69) is 45.4 Å². The van der Waals surface area contributed by atoms with E-state index in [1.165, 1.54) is 5.56 Å². The van der Waals surface area contributed by atoms with Gasteiger partial charge in [0.2, 0.25) is 0 Å². The lowest BCUT2D eigenvalue weighted by molar-refractivity contribution is 0.241. The first kappa shape index (κ1) is 15.9. The van der Waals surface area contributed by atoms with Crippen LogP contribution < -0.4 is 16.0 Å². The van der Waals surface area contributed by atoms with Gasteiger partial charge in [0, 0.05) is 10.7 Å². The van der Waals surface area contributed by atoms with E-state index < -0.39 is 0 Å². The number of nitrogens with one attached hydrogen (secondary N) is 1. The van der Waals surface area contributed by atoms with Crippen molar-refractivity contribution in [1.29, 1.82) is 0 Å². The second-order valence-electron chi connectivity index (χ2n) is 5.28. The molecule has 0 fully saturated rings. The van der Waals surface area contributed by atoms with Crippen molar-refractivity contribution in [2.45, 2.75) is 32.9 Å². The molecular weight excluding hydrogens is 330 g/mol. The summed E-state index contributed by atoms with van der Waals surface area (Å²) in [5.74, 6) is 6.50. The highest BCUT2D eigenvalue weighted by Crippen LogP contribution is 2.27. The topological polar surface area (TPSA) is 60.2 Å². The van der Waals surface area contributed by atoms with Crippen LogP contribution in [0.25, 0.3) is 0 Å². The number of nitrogens with two attached hydrogens (primary N) is 1. The van der Waals surface area contributed by atoms with Crippen molar-refractivity contribution in [3.63, 3.8) is 0 Å². The summed E-state index contributed by atoms with van der Waals surface area (Å²) in [5.41, 5.74) is 6.06. The number of ether oxygens (including phenoxy) is 1. The minimum absolute atomic E-state index is 0.111. The monoisotopic (exact) mass is 349 g/mol. The predicted molar refractivity (Wildman–Crippen MR) is 88.0 cm³/mol. The molecule has 0 bridgehead atoms. The van der Waals surface area contributed by atoms with Gasteiger partial charge < -0.3 is 4.74 Å². The molecule has 1 atom stereocenters. The Bertz CT molecular complexity index is 596. The van der Waals surface area contributed by atoms with Crippen LogP contribution in [-0.4, -0.2) is 11.1 Å². The average molecular weight is 350 g/mol. The molecular formula is C16H20BrN3O. The van der Waals surface area contributed by atoms with E-state index in [0.717, 1.165) is 21.3 Å². The molecule has 112 valence electrons. The number of aromatic nitrogens is 1. The summed E-state index contributed by atoms with van der Waals surface area (Å²) in [6, 6.07) is 8.05. The molecule has 0 spiro atoms. The maximum atomic E-state index is 5.75. The Morgan fingerprint density at radius 1 is 1.14 bits per heavy atom. The van der Waals surface area contributed by atoms with Crippen LogP contribution in [0, 0.1) is 6.92 Å². The summed E-state index contributed by atoms with van der Waals surface area (Å²) in [5, 5.41) is 0. The van der Waals surface area contributed by atoms with Crippen molar-refractivity contribution in [3.05, 3.63) is 57.8 Å². The number of rotatable bonds is 5.